The van der Waals surface area contributed by atoms with Crippen LogP contribution in [0.5, 0.6) is 5.75 Å². The molecule has 0 saturated carbocycles. The van der Waals surface area contributed by atoms with Gasteiger partial charge in [-0.1, -0.05) is 23.9 Å². The van der Waals surface area contributed by atoms with E-state index in [4.69, 9.17) is 10.00 Å². The summed E-state index contributed by atoms with van der Waals surface area (Å²) in [6.07, 6.45) is 5.49. The van der Waals surface area contributed by atoms with Crippen molar-refractivity contribution in [2.24, 2.45) is 4.99 Å². The van der Waals surface area contributed by atoms with Crippen LogP contribution < -0.4 is 10.1 Å². The standard InChI is InChI=1S/C15H17N5OS/c1-3-20-12(8-9-18-20)10-21-14-7-5-4-6-13(14)19-15(22-2)17-11-16/h4-9H,3,10H2,1-2H3,(H,17,19). The number of aliphatic imine (C=N–C) groups is 1. The van der Waals surface area contributed by atoms with Gasteiger partial charge in [0.15, 0.2) is 11.4 Å². The summed E-state index contributed by atoms with van der Waals surface area (Å²) in [5.74, 6) is 0.664. The van der Waals surface area contributed by atoms with Crippen molar-refractivity contribution in [1.29, 1.82) is 5.26 Å². The van der Waals surface area contributed by atoms with Crippen LogP contribution in [0.1, 0.15) is 12.6 Å². The predicted molar refractivity (Wildman–Crippen MR) is 88.0 cm³/mol. The number of hydrogen-bond donors (Lipinski definition) is 1. The average molecular weight is 315 g/mol. The number of aromatic nitrogens is 2. The van der Waals surface area contributed by atoms with Crippen LogP contribution in [0.15, 0.2) is 41.5 Å². The molecule has 0 atom stereocenters. The molecule has 1 aromatic carbocycles. The van der Waals surface area contributed by atoms with Crippen LogP contribution in [-0.4, -0.2) is 21.2 Å². The Balaban J connectivity index is 2.17. The second-order valence-corrected chi connectivity index (χ2v) is 5.05. The monoisotopic (exact) mass is 315 g/mol. The molecule has 1 N–H and O–H groups in total. The maximum absolute atomic E-state index is 8.70. The van der Waals surface area contributed by atoms with E-state index < -0.39 is 0 Å². The molecular weight excluding hydrogens is 298 g/mol. The number of ether oxygens (including phenoxy) is 1. The van der Waals surface area contributed by atoms with Gasteiger partial charge in [0.25, 0.3) is 0 Å². The quantitative estimate of drug-likeness (QED) is 0.397. The van der Waals surface area contributed by atoms with Crippen molar-refractivity contribution in [3.05, 3.63) is 42.2 Å². The van der Waals surface area contributed by atoms with Crippen LogP contribution in [0.25, 0.3) is 0 Å². The third kappa shape index (κ3) is 4.02. The number of para-hydroxylation sites is 2. The first-order valence-electron chi connectivity index (χ1n) is 6.78. The van der Waals surface area contributed by atoms with E-state index in [-0.39, 0.29) is 0 Å². The van der Waals surface area contributed by atoms with Crippen molar-refractivity contribution in [2.75, 3.05) is 6.26 Å². The lowest BCUT2D eigenvalue weighted by Crippen LogP contribution is -2.12. The first-order valence-corrected chi connectivity index (χ1v) is 8.01. The van der Waals surface area contributed by atoms with Crippen molar-refractivity contribution >= 4 is 22.6 Å². The molecule has 0 aliphatic rings. The van der Waals surface area contributed by atoms with Gasteiger partial charge in [-0.2, -0.15) is 10.4 Å². The van der Waals surface area contributed by atoms with Crippen LogP contribution in [0, 0.1) is 11.5 Å². The lowest BCUT2D eigenvalue weighted by Gasteiger charge is -2.10. The van der Waals surface area contributed by atoms with Gasteiger partial charge in [-0.15, -0.1) is 0 Å². The minimum Gasteiger partial charge on any atom is -0.485 e. The number of amidine groups is 1. The van der Waals surface area contributed by atoms with Gasteiger partial charge in [0.2, 0.25) is 0 Å². The summed E-state index contributed by atoms with van der Waals surface area (Å²) in [5.41, 5.74) is 1.68. The molecule has 0 fully saturated rings. The van der Waals surface area contributed by atoms with Crippen molar-refractivity contribution in [1.82, 2.24) is 15.1 Å². The van der Waals surface area contributed by atoms with E-state index in [0.717, 1.165) is 12.2 Å². The first-order chi connectivity index (χ1) is 10.8. The van der Waals surface area contributed by atoms with E-state index >= 15 is 0 Å². The van der Waals surface area contributed by atoms with E-state index in [9.17, 15) is 0 Å². The van der Waals surface area contributed by atoms with Gasteiger partial charge in [-0.05, 0) is 31.4 Å². The normalized spacial score (nSPS) is 11.0. The van der Waals surface area contributed by atoms with Crippen LogP contribution in [0.4, 0.5) is 5.69 Å². The van der Waals surface area contributed by atoms with E-state index in [1.54, 1.807) is 6.20 Å². The molecule has 0 aliphatic carbocycles. The lowest BCUT2D eigenvalue weighted by atomic mass is 10.3. The fraction of sp³-hybridized carbons (Fsp3) is 0.267. The summed E-state index contributed by atoms with van der Waals surface area (Å²) in [4.78, 5) is 4.41. The number of thioether (sulfide) groups is 1. The van der Waals surface area contributed by atoms with Gasteiger partial charge in [0.1, 0.15) is 18.0 Å². The molecule has 0 radical (unpaired) electrons. The summed E-state index contributed by atoms with van der Waals surface area (Å²) < 4.78 is 7.75. The summed E-state index contributed by atoms with van der Waals surface area (Å²) in [5, 5.41) is 16.0. The third-order valence-electron chi connectivity index (χ3n) is 2.92. The molecule has 0 aliphatic heterocycles. The van der Waals surface area contributed by atoms with Crippen molar-refractivity contribution < 1.29 is 4.74 Å². The Hall–Kier alpha value is -2.46. The van der Waals surface area contributed by atoms with Crippen LogP contribution >= 0.6 is 11.8 Å². The Morgan fingerprint density at radius 2 is 2.27 bits per heavy atom. The maximum Gasteiger partial charge on any atom is 0.183 e. The Morgan fingerprint density at radius 3 is 3.00 bits per heavy atom. The Morgan fingerprint density at radius 1 is 1.45 bits per heavy atom. The Kier molecular flexibility index (Phi) is 5.86. The fourth-order valence-electron chi connectivity index (χ4n) is 1.87. The highest BCUT2D eigenvalue weighted by Gasteiger charge is 2.06. The number of hydrogen-bond acceptors (Lipinski definition) is 5. The largest absolute Gasteiger partial charge is 0.485 e. The molecular formula is C15H17N5OS. The average Bonchev–Trinajstić information content (AvgIpc) is 3.01. The van der Waals surface area contributed by atoms with Gasteiger partial charge < -0.3 is 4.74 Å². The molecule has 22 heavy (non-hydrogen) atoms. The number of rotatable bonds is 5. The zero-order chi connectivity index (χ0) is 15.8. The van der Waals surface area contributed by atoms with Gasteiger partial charge in [-0.3, -0.25) is 10.00 Å². The SMILES string of the molecule is CCn1nccc1COc1ccccc1N=C(NC#N)SC. The van der Waals surface area contributed by atoms with Crippen LogP contribution in [0.3, 0.4) is 0 Å². The first kappa shape index (κ1) is 15.9. The van der Waals surface area contributed by atoms with Crippen molar-refractivity contribution in [3.8, 4) is 11.9 Å². The van der Waals surface area contributed by atoms with Gasteiger partial charge >= 0.3 is 0 Å². The topological polar surface area (TPSA) is 75.2 Å². The lowest BCUT2D eigenvalue weighted by molar-refractivity contribution is 0.293. The maximum atomic E-state index is 8.70. The Bertz CT molecular complexity index is 689. The Labute approximate surface area is 133 Å². The van der Waals surface area contributed by atoms with Crippen LogP contribution in [0.2, 0.25) is 0 Å². The minimum absolute atomic E-state index is 0.417. The highest BCUT2D eigenvalue weighted by Crippen LogP contribution is 2.28. The summed E-state index contributed by atoms with van der Waals surface area (Å²) in [6, 6.07) is 9.41. The number of nitriles is 1. The van der Waals surface area contributed by atoms with E-state index in [1.807, 2.05) is 54.4 Å². The van der Waals surface area contributed by atoms with E-state index in [2.05, 4.69) is 15.4 Å². The second-order valence-electron chi connectivity index (χ2n) is 4.25. The molecule has 0 spiro atoms. The molecule has 1 heterocycles. The number of nitrogens with zero attached hydrogens (tertiary/aromatic N) is 4. The summed E-state index contributed by atoms with van der Waals surface area (Å²) in [7, 11) is 0. The highest BCUT2D eigenvalue weighted by atomic mass is 32.2. The van der Waals surface area contributed by atoms with Crippen LogP contribution in [-0.2, 0) is 13.2 Å². The molecule has 6 nitrogen and oxygen atoms in total. The van der Waals surface area contributed by atoms with E-state index in [1.165, 1.54) is 11.8 Å². The molecule has 7 heteroatoms. The second kappa shape index (κ2) is 8.10. The molecule has 0 amide bonds. The van der Waals surface area contributed by atoms with Gasteiger partial charge in [0.05, 0.1) is 5.69 Å². The zero-order valence-electron chi connectivity index (χ0n) is 12.5. The molecule has 0 bridgehead atoms. The number of aryl methyl sites for hydroxylation is 1. The molecule has 0 saturated heterocycles. The zero-order valence-corrected chi connectivity index (χ0v) is 13.3. The third-order valence-corrected chi connectivity index (χ3v) is 3.50. The van der Waals surface area contributed by atoms with Crippen molar-refractivity contribution in [3.63, 3.8) is 0 Å². The molecule has 2 aromatic rings. The number of benzene rings is 1. The summed E-state index contributed by atoms with van der Waals surface area (Å²) in [6.45, 7) is 3.25. The minimum atomic E-state index is 0.417. The molecule has 1 aromatic heterocycles. The summed E-state index contributed by atoms with van der Waals surface area (Å²) >= 11 is 1.37. The van der Waals surface area contributed by atoms with Gasteiger partial charge in [-0.25, -0.2) is 4.99 Å². The molecule has 0 unspecified atom stereocenters. The van der Waals surface area contributed by atoms with E-state index in [0.29, 0.717) is 23.2 Å². The smallest absolute Gasteiger partial charge is 0.183 e. The highest BCUT2D eigenvalue weighted by molar-refractivity contribution is 8.13. The fourth-order valence-corrected chi connectivity index (χ4v) is 2.21. The van der Waals surface area contributed by atoms with Crippen molar-refractivity contribution in [2.45, 2.75) is 20.1 Å². The molecule has 2 rings (SSSR count). The van der Waals surface area contributed by atoms with Gasteiger partial charge in [0, 0.05) is 12.7 Å². The number of nitrogens with one attached hydrogen (secondary N) is 1. The molecule has 114 valence electrons. The predicted octanol–water partition coefficient (Wildman–Crippen LogP) is 2.90.